The van der Waals surface area contributed by atoms with Gasteiger partial charge in [-0.2, -0.15) is 5.10 Å². The normalized spacial score (nSPS) is 10.7. The van der Waals surface area contributed by atoms with Gasteiger partial charge in [0.05, 0.1) is 31.0 Å². The molecule has 6 nitrogen and oxygen atoms in total. The zero-order chi connectivity index (χ0) is 21.5. The maximum Gasteiger partial charge on any atom is 0.224 e. The standard InChI is InChI=1S/C24H29N3O3/c1-5-29-22-13-12-19(14-23(22)30-6-2)15-24(28)25-16-21-17(3)26-27(18(21)4)20-10-8-7-9-11-20/h7-14H,5-6,15-16H2,1-4H3,(H,25,28). The Hall–Kier alpha value is -3.28. The second kappa shape index (κ2) is 9.96. The average Bonchev–Trinajstić information content (AvgIpc) is 3.03. The second-order valence-electron chi connectivity index (χ2n) is 7.00. The van der Waals surface area contributed by atoms with Crippen LogP contribution in [0.1, 0.15) is 36.4 Å². The van der Waals surface area contributed by atoms with Gasteiger partial charge in [0, 0.05) is 17.8 Å². The highest BCUT2D eigenvalue weighted by Crippen LogP contribution is 2.28. The summed E-state index contributed by atoms with van der Waals surface area (Å²) in [6, 6.07) is 15.6. The lowest BCUT2D eigenvalue weighted by atomic mass is 10.1. The molecule has 0 fully saturated rings. The smallest absolute Gasteiger partial charge is 0.224 e. The molecular weight excluding hydrogens is 378 g/mol. The minimum atomic E-state index is -0.0483. The number of hydrogen-bond donors (Lipinski definition) is 1. The lowest BCUT2D eigenvalue weighted by molar-refractivity contribution is -0.120. The van der Waals surface area contributed by atoms with Crippen molar-refractivity contribution in [2.45, 2.75) is 40.7 Å². The summed E-state index contributed by atoms with van der Waals surface area (Å²) in [6.45, 7) is 9.40. The number of carbonyl (C=O) groups is 1. The number of nitrogens with zero attached hydrogens (tertiary/aromatic N) is 2. The van der Waals surface area contributed by atoms with Crippen LogP contribution in [0.15, 0.2) is 48.5 Å². The number of ether oxygens (including phenoxy) is 2. The van der Waals surface area contributed by atoms with Crippen molar-refractivity contribution < 1.29 is 14.3 Å². The molecule has 6 heteroatoms. The van der Waals surface area contributed by atoms with Gasteiger partial charge in [-0.3, -0.25) is 4.79 Å². The molecule has 0 saturated carbocycles. The van der Waals surface area contributed by atoms with E-state index in [1.807, 2.05) is 80.9 Å². The molecule has 3 rings (SSSR count). The molecule has 0 unspecified atom stereocenters. The first-order chi connectivity index (χ1) is 14.5. The predicted molar refractivity (Wildman–Crippen MR) is 117 cm³/mol. The lowest BCUT2D eigenvalue weighted by Crippen LogP contribution is -2.25. The SMILES string of the molecule is CCOc1ccc(CC(=O)NCc2c(C)nn(-c3ccccc3)c2C)cc1OCC. The van der Waals surface area contributed by atoms with Gasteiger partial charge in [-0.1, -0.05) is 24.3 Å². The Bertz CT molecular complexity index is 996. The Balaban J connectivity index is 1.67. The van der Waals surface area contributed by atoms with Crippen molar-refractivity contribution in [2.24, 2.45) is 0 Å². The molecule has 0 aliphatic carbocycles. The van der Waals surface area contributed by atoms with E-state index in [1.54, 1.807) is 0 Å². The first-order valence-corrected chi connectivity index (χ1v) is 10.3. The number of para-hydroxylation sites is 1. The molecule has 0 radical (unpaired) electrons. The van der Waals surface area contributed by atoms with Crippen LogP contribution in [0.5, 0.6) is 11.5 Å². The van der Waals surface area contributed by atoms with Crippen molar-refractivity contribution in [1.82, 2.24) is 15.1 Å². The quantitative estimate of drug-likeness (QED) is 0.579. The van der Waals surface area contributed by atoms with Crippen LogP contribution in [-0.4, -0.2) is 28.9 Å². The molecule has 0 saturated heterocycles. The summed E-state index contributed by atoms with van der Waals surface area (Å²) in [7, 11) is 0. The summed E-state index contributed by atoms with van der Waals surface area (Å²) in [4.78, 5) is 12.6. The summed E-state index contributed by atoms with van der Waals surface area (Å²) in [6.07, 6.45) is 0.275. The molecule has 0 bridgehead atoms. The monoisotopic (exact) mass is 407 g/mol. The van der Waals surface area contributed by atoms with E-state index in [-0.39, 0.29) is 12.3 Å². The van der Waals surface area contributed by atoms with Crippen LogP contribution in [0.4, 0.5) is 0 Å². The Labute approximate surface area is 177 Å². The van der Waals surface area contributed by atoms with E-state index < -0.39 is 0 Å². The molecule has 158 valence electrons. The van der Waals surface area contributed by atoms with Crippen molar-refractivity contribution in [2.75, 3.05) is 13.2 Å². The Morgan fingerprint density at radius 2 is 1.70 bits per heavy atom. The van der Waals surface area contributed by atoms with Gasteiger partial charge in [0.1, 0.15) is 0 Å². The maximum atomic E-state index is 12.6. The molecule has 3 aromatic rings. The summed E-state index contributed by atoms with van der Waals surface area (Å²) < 4.78 is 13.1. The number of carbonyl (C=O) groups excluding carboxylic acids is 1. The fraction of sp³-hybridized carbons (Fsp3) is 0.333. The molecule has 0 aliphatic heterocycles. The Morgan fingerprint density at radius 3 is 2.40 bits per heavy atom. The Kier molecular flexibility index (Phi) is 7.12. The lowest BCUT2D eigenvalue weighted by Gasteiger charge is -2.12. The third kappa shape index (κ3) is 5.00. The third-order valence-corrected chi connectivity index (χ3v) is 4.88. The number of amides is 1. The molecule has 1 amide bonds. The molecule has 0 atom stereocenters. The summed E-state index contributed by atoms with van der Waals surface area (Å²) in [5.41, 5.74) is 4.87. The van der Waals surface area contributed by atoms with Gasteiger partial charge in [-0.25, -0.2) is 4.68 Å². The van der Waals surface area contributed by atoms with Crippen molar-refractivity contribution in [3.63, 3.8) is 0 Å². The van der Waals surface area contributed by atoms with Crippen LogP contribution in [0.2, 0.25) is 0 Å². The molecule has 1 aromatic heterocycles. The van der Waals surface area contributed by atoms with Gasteiger partial charge in [-0.15, -0.1) is 0 Å². The van der Waals surface area contributed by atoms with Gasteiger partial charge in [0.25, 0.3) is 0 Å². The number of aromatic nitrogens is 2. The van der Waals surface area contributed by atoms with E-state index in [0.717, 1.165) is 28.2 Å². The summed E-state index contributed by atoms with van der Waals surface area (Å²) >= 11 is 0. The first-order valence-electron chi connectivity index (χ1n) is 10.3. The highest BCUT2D eigenvalue weighted by atomic mass is 16.5. The van der Waals surface area contributed by atoms with Gasteiger partial charge in [-0.05, 0) is 57.5 Å². The molecule has 2 aromatic carbocycles. The van der Waals surface area contributed by atoms with Crippen molar-refractivity contribution in [3.8, 4) is 17.2 Å². The fourth-order valence-corrected chi connectivity index (χ4v) is 3.39. The molecule has 0 aliphatic rings. The van der Waals surface area contributed by atoms with E-state index in [1.165, 1.54) is 0 Å². The average molecular weight is 408 g/mol. The highest BCUT2D eigenvalue weighted by Gasteiger charge is 2.14. The van der Waals surface area contributed by atoms with Gasteiger partial charge >= 0.3 is 0 Å². The van der Waals surface area contributed by atoms with Crippen molar-refractivity contribution >= 4 is 5.91 Å². The minimum Gasteiger partial charge on any atom is -0.490 e. The zero-order valence-electron chi connectivity index (χ0n) is 18.1. The number of hydrogen-bond acceptors (Lipinski definition) is 4. The van der Waals surface area contributed by atoms with E-state index in [2.05, 4.69) is 10.4 Å². The number of benzene rings is 2. The van der Waals surface area contributed by atoms with E-state index in [0.29, 0.717) is 31.3 Å². The largest absolute Gasteiger partial charge is 0.490 e. The zero-order valence-corrected chi connectivity index (χ0v) is 18.1. The number of aryl methyl sites for hydroxylation is 1. The maximum absolute atomic E-state index is 12.6. The second-order valence-corrected chi connectivity index (χ2v) is 7.00. The number of nitrogens with one attached hydrogen (secondary N) is 1. The van der Waals surface area contributed by atoms with Crippen molar-refractivity contribution in [3.05, 3.63) is 71.0 Å². The predicted octanol–water partition coefficient (Wildman–Crippen LogP) is 4.15. The van der Waals surface area contributed by atoms with E-state index >= 15 is 0 Å². The van der Waals surface area contributed by atoms with Crippen LogP contribution in [0.25, 0.3) is 5.69 Å². The molecule has 30 heavy (non-hydrogen) atoms. The number of rotatable bonds is 9. The van der Waals surface area contributed by atoms with Crippen molar-refractivity contribution in [1.29, 1.82) is 0 Å². The van der Waals surface area contributed by atoms with Crippen LogP contribution >= 0.6 is 0 Å². The van der Waals surface area contributed by atoms with Gasteiger partial charge in [0.2, 0.25) is 5.91 Å². The fourth-order valence-electron chi connectivity index (χ4n) is 3.39. The third-order valence-electron chi connectivity index (χ3n) is 4.88. The Morgan fingerprint density at radius 1 is 1.00 bits per heavy atom. The topological polar surface area (TPSA) is 65.4 Å². The molecule has 1 heterocycles. The van der Waals surface area contributed by atoms with Crippen LogP contribution in [0, 0.1) is 13.8 Å². The summed E-state index contributed by atoms with van der Waals surface area (Å²) in [5, 5.41) is 7.66. The molecular formula is C24H29N3O3. The molecule has 1 N–H and O–H groups in total. The van der Waals surface area contributed by atoms with Crippen LogP contribution in [-0.2, 0) is 17.8 Å². The van der Waals surface area contributed by atoms with Crippen LogP contribution in [0.3, 0.4) is 0 Å². The van der Waals surface area contributed by atoms with E-state index in [9.17, 15) is 4.79 Å². The van der Waals surface area contributed by atoms with Gasteiger partial charge in [0.15, 0.2) is 11.5 Å². The first kappa shape index (κ1) is 21.4. The van der Waals surface area contributed by atoms with E-state index in [4.69, 9.17) is 9.47 Å². The van der Waals surface area contributed by atoms with Gasteiger partial charge < -0.3 is 14.8 Å². The minimum absolute atomic E-state index is 0.0483. The van der Waals surface area contributed by atoms with Crippen LogP contribution < -0.4 is 14.8 Å². The highest BCUT2D eigenvalue weighted by molar-refractivity contribution is 5.78. The molecule has 0 spiro atoms. The summed E-state index contributed by atoms with van der Waals surface area (Å²) in [5.74, 6) is 1.32.